The van der Waals surface area contributed by atoms with Crippen molar-refractivity contribution in [3.8, 4) is 5.75 Å². The Morgan fingerprint density at radius 3 is 1.59 bits per heavy atom. The zero-order valence-corrected chi connectivity index (χ0v) is 58.0. The van der Waals surface area contributed by atoms with Crippen LogP contribution in [0.3, 0.4) is 0 Å². The number of urea groups is 1. The molecule has 548 valence electrons. The number of rotatable bonds is 38. The number of benzene rings is 4. The van der Waals surface area contributed by atoms with Crippen LogP contribution in [-0.4, -0.2) is 184 Å². The smallest absolute Gasteiger partial charge is 0.312 e. The Balaban J connectivity index is 1.25. The second-order valence-corrected chi connectivity index (χ2v) is 25.8. The monoisotopic (exact) mass is 1430 g/mol. The molecular weight excluding hydrogens is 1340 g/mol. The van der Waals surface area contributed by atoms with Gasteiger partial charge in [0, 0.05) is 69.7 Å². The number of nitrogens with two attached hydrogens (primary N) is 3. The molecule has 0 bridgehead atoms. The van der Waals surface area contributed by atoms with E-state index in [-0.39, 0.29) is 101 Å². The number of carbonyl (C=O) groups excluding carboxylic acids is 12. The van der Waals surface area contributed by atoms with Gasteiger partial charge in [-0.05, 0) is 121 Å². The van der Waals surface area contributed by atoms with Gasteiger partial charge in [0.1, 0.15) is 66.2 Å². The molecule has 20 N–H and O–H groups in total. The van der Waals surface area contributed by atoms with Crippen LogP contribution in [0.5, 0.6) is 5.75 Å². The van der Waals surface area contributed by atoms with Crippen molar-refractivity contribution in [2.45, 2.75) is 159 Å². The molecule has 31 nitrogen and oxygen atoms in total. The zero-order chi connectivity index (χ0) is 74.6. The van der Waals surface area contributed by atoms with Crippen LogP contribution < -0.4 is 75.7 Å². The summed E-state index contributed by atoms with van der Waals surface area (Å²) in [4.78, 5) is 172. The van der Waals surface area contributed by atoms with Crippen molar-refractivity contribution >= 4 is 99.3 Å². The molecule has 1 saturated heterocycles. The number of nitrogens with zero attached hydrogens (tertiary/aromatic N) is 2. The molecule has 1 aromatic heterocycles. The average Bonchev–Trinajstić information content (AvgIpc) is 1.13. The third-order valence-electron chi connectivity index (χ3n) is 16.7. The van der Waals surface area contributed by atoms with Gasteiger partial charge in [-0.1, -0.05) is 98.2 Å². The van der Waals surface area contributed by atoms with Crippen LogP contribution in [0.2, 0.25) is 5.02 Å². The standard InChI is InChI=1S/C70H92ClN17O14/c1-39(2)31-52(61(94)82-51(15-9-28-77-69(73)74)68(101)88-30-10-16-58(88)67(100)79-40(3)59(72)92)83-60(93)50(14-8-29-78-70(75)102)81-63(96)54(34-43-20-25-49(91)26-21-43)86-66(99)57(38-89)87-65(98)56(36-45-11-7-27-76-37-45)85-64(97)55(33-42-18-23-48(71)24-19-42)84-62(95)53(80-41(4)90)35-44-17-22-46-12-5-6-13-47(46)32-44/h5-7,11-13,17-27,32,37,39-40,50-58,89,91H,8-10,14-16,28-31,33-36,38H2,1-4H3,(H2,72,92)(H,79,100)(H,80,90)(H,81,96)(H,82,94)(H,83,93)(H,84,95)(H,85,97)(H,86,99)(H,87,98)(H4,73,74,77)(H3,75,78,102)/t40-,50-,51+,52+,53-,54+,55-,56-,57+,58-/m1/s1. The number of aliphatic hydroxyl groups excluding tert-OH is 1. The lowest BCUT2D eigenvalue weighted by Gasteiger charge is -2.31. The summed E-state index contributed by atoms with van der Waals surface area (Å²) in [5.41, 5.74) is 18.3. The quantitative estimate of drug-likeness (QED) is 0.0134. The van der Waals surface area contributed by atoms with Gasteiger partial charge in [0.25, 0.3) is 0 Å². The Kier molecular flexibility index (Phi) is 31.2. The van der Waals surface area contributed by atoms with Crippen LogP contribution in [0.25, 0.3) is 10.8 Å². The highest BCUT2D eigenvalue weighted by Crippen LogP contribution is 2.22. The number of hydrogen-bond acceptors (Lipinski definition) is 16. The van der Waals surface area contributed by atoms with Crippen molar-refractivity contribution < 1.29 is 67.7 Å². The lowest BCUT2D eigenvalue weighted by Crippen LogP contribution is -2.61. The molecule has 0 saturated carbocycles. The first-order valence-corrected chi connectivity index (χ1v) is 33.9. The van der Waals surface area contributed by atoms with Gasteiger partial charge in [-0.2, -0.15) is 0 Å². The number of pyridine rings is 1. The van der Waals surface area contributed by atoms with Crippen LogP contribution in [0.1, 0.15) is 94.9 Å². The van der Waals surface area contributed by atoms with Crippen LogP contribution in [0, 0.1) is 11.3 Å². The minimum atomic E-state index is -1.85. The summed E-state index contributed by atoms with van der Waals surface area (Å²) in [6.45, 7) is 5.20. The van der Waals surface area contributed by atoms with E-state index in [0.29, 0.717) is 33.7 Å². The Morgan fingerprint density at radius 2 is 1.04 bits per heavy atom. The molecule has 32 heteroatoms. The van der Waals surface area contributed by atoms with E-state index in [1.54, 1.807) is 50.2 Å². The highest BCUT2D eigenvalue weighted by Gasteiger charge is 2.40. The molecule has 0 spiro atoms. The number of hydrogen-bond donors (Lipinski definition) is 17. The van der Waals surface area contributed by atoms with Gasteiger partial charge in [0.05, 0.1) is 6.61 Å². The van der Waals surface area contributed by atoms with Gasteiger partial charge in [-0.25, -0.2) is 4.79 Å². The molecule has 5 aromatic rings. The number of aromatic hydroxyl groups is 1. The number of primary amides is 2. The van der Waals surface area contributed by atoms with Crippen molar-refractivity contribution in [3.63, 3.8) is 0 Å². The molecule has 0 aliphatic carbocycles. The molecule has 1 fully saturated rings. The number of phenols is 1. The van der Waals surface area contributed by atoms with E-state index in [9.17, 15) is 67.7 Å². The van der Waals surface area contributed by atoms with E-state index in [4.69, 9.17) is 34.2 Å². The first-order chi connectivity index (χ1) is 48.6. The van der Waals surface area contributed by atoms with E-state index < -0.39 is 138 Å². The van der Waals surface area contributed by atoms with Crippen molar-refractivity contribution in [1.82, 2.24) is 68.4 Å². The lowest BCUT2D eigenvalue weighted by atomic mass is 9.99. The van der Waals surface area contributed by atoms with Crippen molar-refractivity contribution in [1.29, 1.82) is 5.41 Å². The normalized spacial score (nSPS) is 15.2. The predicted molar refractivity (Wildman–Crippen MR) is 378 cm³/mol. The predicted octanol–water partition coefficient (Wildman–Crippen LogP) is -0.506. The van der Waals surface area contributed by atoms with E-state index in [2.05, 4.69) is 63.5 Å². The van der Waals surface area contributed by atoms with Gasteiger partial charge < -0.3 is 90.8 Å². The van der Waals surface area contributed by atoms with Crippen molar-refractivity contribution in [2.24, 2.45) is 23.1 Å². The molecule has 4 aromatic carbocycles. The van der Waals surface area contributed by atoms with Crippen LogP contribution in [0.4, 0.5) is 4.79 Å². The molecule has 10 atom stereocenters. The summed E-state index contributed by atoms with van der Waals surface area (Å²) >= 11 is 6.23. The van der Waals surface area contributed by atoms with Gasteiger partial charge in [-0.3, -0.25) is 63.1 Å². The third-order valence-corrected chi connectivity index (χ3v) is 17.0. The van der Waals surface area contributed by atoms with E-state index in [0.717, 1.165) is 10.8 Å². The third kappa shape index (κ3) is 26.0. The number of fused-ring (bicyclic) bond motifs is 1. The second kappa shape index (κ2) is 39.7. The van der Waals surface area contributed by atoms with Gasteiger partial charge in [0.2, 0.25) is 65.0 Å². The van der Waals surface area contributed by atoms with Crippen LogP contribution >= 0.6 is 11.6 Å². The number of guanidine groups is 1. The van der Waals surface area contributed by atoms with Gasteiger partial charge >= 0.3 is 6.03 Å². The number of aromatic nitrogens is 1. The number of nitrogens with one attached hydrogen (secondary N) is 12. The Hall–Kier alpha value is -10.9. The minimum Gasteiger partial charge on any atom is -0.508 e. The van der Waals surface area contributed by atoms with E-state index in [1.165, 1.54) is 55.4 Å². The SMILES string of the molecule is CC(=O)N[C@H](Cc1ccc2ccccc2c1)C(=O)N[C@H](Cc1ccc(Cl)cc1)C(=O)N[C@H](Cc1cccnc1)C(=O)N[C@@H](CO)C(=O)N[C@@H](Cc1ccc(O)cc1)C(=O)N[C@H](CCCNC(N)=O)C(=O)N[C@@H](CC(C)C)C(=O)N[C@@H](CCCNC(=N)N)C(=O)N1CCC[C@@H]1C(=O)N[C@H](C)C(N)=O. The van der Waals surface area contributed by atoms with Crippen LogP contribution in [0.15, 0.2) is 116 Å². The summed E-state index contributed by atoms with van der Waals surface area (Å²) in [6, 6.07) is 13.4. The topological polar surface area (TPSA) is 496 Å². The maximum Gasteiger partial charge on any atom is 0.312 e. The number of phenolic OH excluding ortho intramolecular Hbond substituents is 1. The molecule has 0 radical (unpaired) electrons. The molecule has 13 amide bonds. The zero-order valence-electron chi connectivity index (χ0n) is 57.2. The van der Waals surface area contributed by atoms with Crippen molar-refractivity contribution in [2.75, 3.05) is 26.2 Å². The van der Waals surface area contributed by atoms with Gasteiger partial charge in [-0.15, -0.1) is 0 Å². The fourth-order valence-electron chi connectivity index (χ4n) is 11.4. The molecule has 1 aliphatic heterocycles. The Labute approximate surface area is 595 Å². The molecule has 6 rings (SSSR count). The fraction of sp³-hybridized carbons (Fsp3) is 0.429. The molecule has 0 unspecified atom stereocenters. The summed E-state index contributed by atoms with van der Waals surface area (Å²) in [7, 11) is 0. The lowest BCUT2D eigenvalue weighted by molar-refractivity contribution is -0.142. The van der Waals surface area contributed by atoms with Gasteiger partial charge in [0.15, 0.2) is 5.96 Å². The van der Waals surface area contributed by atoms with E-state index in [1.807, 2.05) is 42.5 Å². The maximum atomic E-state index is 14.9. The first kappa shape index (κ1) is 80.0. The fourth-order valence-corrected chi connectivity index (χ4v) is 11.5. The number of carbonyl (C=O) groups is 12. The van der Waals surface area contributed by atoms with Crippen LogP contribution in [-0.2, 0) is 78.4 Å². The summed E-state index contributed by atoms with van der Waals surface area (Å²) in [5, 5.41) is 59.8. The Bertz CT molecular complexity index is 3760. The second-order valence-electron chi connectivity index (χ2n) is 25.4. The summed E-state index contributed by atoms with van der Waals surface area (Å²) in [5.74, 6) is -9.97. The number of aliphatic hydroxyl groups is 1. The van der Waals surface area contributed by atoms with Crippen molar-refractivity contribution in [3.05, 3.63) is 143 Å². The number of halogens is 1. The number of likely N-dealkylation sites (tertiary alicyclic amines) is 1. The summed E-state index contributed by atoms with van der Waals surface area (Å²) in [6.07, 6.45) is 2.71. The highest BCUT2D eigenvalue weighted by atomic mass is 35.5. The number of amides is 13. The molecule has 1 aliphatic rings. The largest absolute Gasteiger partial charge is 0.508 e. The molecule has 102 heavy (non-hydrogen) atoms. The average molecular weight is 1430 g/mol. The maximum absolute atomic E-state index is 14.9. The Morgan fingerprint density at radius 1 is 0.559 bits per heavy atom. The molecular formula is C70H92ClN17O14. The first-order valence-electron chi connectivity index (χ1n) is 33.5. The molecule has 2 heterocycles. The highest BCUT2D eigenvalue weighted by molar-refractivity contribution is 6.30. The summed E-state index contributed by atoms with van der Waals surface area (Å²) < 4.78 is 0. The minimum absolute atomic E-state index is 0.00169. The van der Waals surface area contributed by atoms with E-state index >= 15 is 0 Å².